The van der Waals surface area contributed by atoms with E-state index in [1.807, 2.05) is 67.6 Å². The summed E-state index contributed by atoms with van der Waals surface area (Å²) in [5, 5.41) is 6.14. The molecule has 0 atom stereocenters. The van der Waals surface area contributed by atoms with Gasteiger partial charge in [-0.05, 0) is 97.2 Å². The number of benzene rings is 3. The third-order valence-electron chi connectivity index (χ3n) is 7.31. The molecule has 6 nitrogen and oxygen atoms in total. The zero-order valence-corrected chi connectivity index (χ0v) is 19.7. The van der Waals surface area contributed by atoms with Crippen LogP contribution in [0.4, 0.5) is 5.69 Å². The van der Waals surface area contributed by atoms with E-state index in [-0.39, 0.29) is 20.0 Å². The van der Waals surface area contributed by atoms with E-state index in [0.29, 0.717) is 17.2 Å². The maximum atomic E-state index is 13.3. The standard InChI is InChI=1S/C29H28N2O4.H2/c1-18-2-10-23(15-24(18)20-5-7-21(8-6-20)27(32)30-16-19-3-4-19)31-28(33)29(12-13-29)22-9-11-25-26(14-22)35-17-34-25;/h2,5-11,14-15,19H,3-4,12-13,16-17H2,1H3,(H,30,32)(H,31,33);1H. The van der Waals surface area contributed by atoms with Crippen molar-refractivity contribution < 1.29 is 20.5 Å². The van der Waals surface area contributed by atoms with Crippen LogP contribution >= 0.6 is 0 Å². The number of ether oxygens (including phenoxy) is 2. The van der Waals surface area contributed by atoms with Crippen LogP contribution < -0.4 is 20.1 Å². The summed E-state index contributed by atoms with van der Waals surface area (Å²) in [5.74, 6) is 2.04. The molecule has 0 saturated heterocycles. The lowest BCUT2D eigenvalue weighted by molar-refractivity contribution is -0.118. The Bertz CT molecular complexity index is 1310. The van der Waals surface area contributed by atoms with E-state index in [1.54, 1.807) is 0 Å². The molecule has 3 aliphatic rings. The Labute approximate surface area is 206 Å². The highest BCUT2D eigenvalue weighted by atomic mass is 16.7. The van der Waals surface area contributed by atoms with Gasteiger partial charge in [0.05, 0.1) is 5.41 Å². The van der Waals surface area contributed by atoms with E-state index in [0.717, 1.165) is 53.1 Å². The average Bonchev–Trinajstić information content (AvgIpc) is 3.81. The van der Waals surface area contributed by atoms with Gasteiger partial charge in [0.15, 0.2) is 11.5 Å². The van der Waals surface area contributed by atoms with Crippen LogP contribution in [-0.4, -0.2) is 25.2 Å². The highest BCUT2D eigenvalue weighted by molar-refractivity contribution is 6.02. The van der Waals surface area contributed by atoms with Crippen LogP contribution in [0.2, 0.25) is 0 Å². The first-order valence-electron chi connectivity index (χ1n) is 12.2. The van der Waals surface area contributed by atoms with Gasteiger partial charge in [-0.1, -0.05) is 24.3 Å². The molecule has 0 radical (unpaired) electrons. The van der Waals surface area contributed by atoms with Gasteiger partial charge in [0.1, 0.15) is 0 Å². The second-order valence-electron chi connectivity index (χ2n) is 9.86. The number of fused-ring (bicyclic) bond motifs is 1. The van der Waals surface area contributed by atoms with Crippen LogP contribution in [0.3, 0.4) is 0 Å². The molecule has 3 aromatic rings. The van der Waals surface area contributed by atoms with Crippen molar-refractivity contribution in [2.24, 2.45) is 5.92 Å². The van der Waals surface area contributed by atoms with Crippen molar-refractivity contribution in [3.8, 4) is 22.6 Å². The third kappa shape index (κ3) is 4.25. The molecule has 35 heavy (non-hydrogen) atoms. The molecule has 1 aliphatic heterocycles. The quantitative estimate of drug-likeness (QED) is 0.482. The van der Waals surface area contributed by atoms with Gasteiger partial charge in [-0.3, -0.25) is 9.59 Å². The van der Waals surface area contributed by atoms with E-state index >= 15 is 0 Å². The van der Waals surface area contributed by atoms with E-state index < -0.39 is 5.41 Å². The van der Waals surface area contributed by atoms with E-state index in [9.17, 15) is 9.59 Å². The summed E-state index contributed by atoms with van der Waals surface area (Å²) in [6.45, 7) is 3.03. The highest BCUT2D eigenvalue weighted by Crippen LogP contribution is 2.51. The first-order chi connectivity index (χ1) is 17.0. The minimum Gasteiger partial charge on any atom is -0.454 e. The molecule has 180 valence electrons. The monoisotopic (exact) mass is 470 g/mol. The van der Waals surface area contributed by atoms with E-state index in [4.69, 9.17) is 9.47 Å². The average molecular weight is 471 g/mol. The Kier molecular flexibility index (Phi) is 5.24. The Morgan fingerprint density at radius 2 is 1.74 bits per heavy atom. The van der Waals surface area contributed by atoms with Crippen molar-refractivity contribution in [2.45, 2.75) is 38.0 Å². The Hall–Kier alpha value is -3.80. The molecule has 2 aliphatic carbocycles. The van der Waals surface area contributed by atoms with Gasteiger partial charge in [0, 0.05) is 19.2 Å². The van der Waals surface area contributed by atoms with Crippen molar-refractivity contribution in [1.29, 1.82) is 0 Å². The van der Waals surface area contributed by atoms with Gasteiger partial charge < -0.3 is 20.1 Å². The first kappa shape index (κ1) is 21.7. The highest BCUT2D eigenvalue weighted by Gasteiger charge is 2.51. The zero-order chi connectivity index (χ0) is 24.0. The van der Waals surface area contributed by atoms with Gasteiger partial charge in [-0.15, -0.1) is 0 Å². The van der Waals surface area contributed by atoms with Crippen molar-refractivity contribution in [3.63, 3.8) is 0 Å². The first-order valence-corrected chi connectivity index (χ1v) is 12.2. The van der Waals surface area contributed by atoms with E-state index in [2.05, 4.69) is 10.6 Å². The molecule has 2 saturated carbocycles. The molecular weight excluding hydrogens is 440 g/mol. The van der Waals surface area contributed by atoms with Crippen LogP contribution in [0.1, 0.15) is 48.6 Å². The molecule has 2 N–H and O–H groups in total. The predicted octanol–water partition coefficient (Wildman–Crippen LogP) is 5.45. The van der Waals surface area contributed by atoms with Gasteiger partial charge in [0.25, 0.3) is 5.91 Å². The number of nitrogens with one attached hydrogen (secondary N) is 2. The summed E-state index contributed by atoms with van der Waals surface area (Å²) < 4.78 is 10.9. The fourth-order valence-electron chi connectivity index (χ4n) is 4.69. The molecule has 0 aromatic heterocycles. The number of carbonyl (C=O) groups excluding carboxylic acids is 2. The van der Waals surface area contributed by atoms with Gasteiger partial charge >= 0.3 is 0 Å². The predicted molar refractivity (Wildman–Crippen MR) is 136 cm³/mol. The normalized spacial score (nSPS) is 17.1. The van der Waals surface area contributed by atoms with Crippen molar-refractivity contribution >= 4 is 17.5 Å². The zero-order valence-electron chi connectivity index (χ0n) is 19.7. The third-order valence-corrected chi connectivity index (χ3v) is 7.31. The Balaban J connectivity index is 0.00000267. The lowest BCUT2D eigenvalue weighted by Gasteiger charge is -2.17. The SMILES string of the molecule is Cc1ccc(NC(=O)C2(c3ccc4c(c3)OCO4)CC2)cc1-c1ccc(C(=O)NCC2CC2)cc1.[HH]. The van der Waals surface area contributed by atoms with Crippen molar-refractivity contribution in [2.75, 3.05) is 18.7 Å². The minimum atomic E-state index is -0.526. The Morgan fingerprint density at radius 3 is 2.49 bits per heavy atom. The number of anilines is 1. The number of aryl methyl sites for hydroxylation is 1. The second-order valence-corrected chi connectivity index (χ2v) is 9.86. The molecular formula is C29H30N2O4. The van der Waals surface area contributed by atoms with Crippen LogP contribution in [0.5, 0.6) is 11.5 Å². The van der Waals surface area contributed by atoms with Crippen LogP contribution in [0.25, 0.3) is 11.1 Å². The fraction of sp³-hybridized carbons (Fsp3) is 0.310. The van der Waals surface area contributed by atoms with Gasteiger partial charge in [-0.2, -0.15) is 0 Å². The maximum Gasteiger partial charge on any atom is 0.251 e. The van der Waals surface area contributed by atoms with E-state index in [1.165, 1.54) is 12.8 Å². The van der Waals surface area contributed by atoms with Crippen LogP contribution in [-0.2, 0) is 10.2 Å². The fourth-order valence-corrected chi connectivity index (χ4v) is 4.69. The molecule has 2 fully saturated rings. The molecule has 6 rings (SSSR count). The largest absolute Gasteiger partial charge is 0.454 e. The maximum absolute atomic E-state index is 13.3. The molecule has 0 unspecified atom stereocenters. The number of amides is 2. The minimum absolute atomic E-state index is 0. The molecule has 6 heteroatoms. The van der Waals surface area contributed by atoms with Gasteiger partial charge in [-0.25, -0.2) is 0 Å². The second kappa shape index (κ2) is 8.45. The number of hydrogen-bond acceptors (Lipinski definition) is 4. The van der Waals surface area contributed by atoms with Crippen LogP contribution in [0, 0.1) is 12.8 Å². The molecule has 3 aromatic carbocycles. The number of carbonyl (C=O) groups is 2. The number of hydrogen-bond donors (Lipinski definition) is 2. The molecule has 2 amide bonds. The summed E-state index contributed by atoms with van der Waals surface area (Å²) in [4.78, 5) is 25.7. The Morgan fingerprint density at radius 1 is 0.971 bits per heavy atom. The topological polar surface area (TPSA) is 76.7 Å². The summed E-state index contributed by atoms with van der Waals surface area (Å²) >= 11 is 0. The lowest BCUT2D eigenvalue weighted by atomic mass is 9.94. The summed E-state index contributed by atoms with van der Waals surface area (Å²) in [5.41, 5.74) is 4.99. The lowest BCUT2D eigenvalue weighted by Crippen LogP contribution is -2.27. The van der Waals surface area contributed by atoms with Crippen LogP contribution in [0.15, 0.2) is 60.7 Å². The van der Waals surface area contributed by atoms with Crippen molar-refractivity contribution in [3.05, 3.63) is 77.4 Å². The smallest absolute Gasteiger partial charge is 0.251 e. The number of rotatable bonds is 7. The van der Waals surface area contributed by atoms with Crippen molar-refractivity contribution in [1.82, 2.24) is 5.32 Å². The summed E-state index contributed by atoms with van der Waals surface area (Å²) in [6.07, 6.45) is 4.04. The molecule has 1 heterocycles. The van der Waals surface area contributed by atoms with Gasteiger partial charge in [0.2, 0.25) is 12.7 Å². The molecule has 0 spiro atoms. The summed E-state index contributed by atoms with van der Waals surface area (Å²) in [7, 11) is 0. The summed E-state index contributed by atoms with van der Waals surface area (Å²) in [6, 6.07) is 19.4. The molecule has 0 bridgehead atoms.